The van der Waals surface area contributed by atoms with Crippen molar-refractivity contribution in [3.05, 3.63) is 29.3 Å². The predicted molar refractivity (Wildman–Crippen MR) is 76.9 cm³/mol. The number of benzene rings is 1. The van der Waals surface area contributed by atoms with Crippen molar-refractivity contribution in [3.63, 3.8) is 0 Å². The van der Waals surface area contributed by atoms with Gasteiger partial charge < -0.3 is 16.2 Å². The minimum absolute atomic E-state index is 0.143. The second-order valence-corrected chi connectivity index (χ2v) is 5.09. The molecule has 4 heteroatoms. The first kappa shape index (κ1) is 15.5. The molecule has 0 aliphatic rings. The van der Waals surface area contributed by atoms with Crippen LogP contribution in [0.1, 0.15) is 43.9 Å². The normalized spacial score (nSPS) is 13.9. The molecular formula is C15H24N2O2. The predicted octanol–water partition coefficient (Wildman–Crippen LogP) is 2.30. The molecule has 4 nitrogen and oxygen atoms in total. The highest BCUT2D eigenvalue weighted by Gasteiger charge is 2.17. The van der Waals surface area contributed by atoms with E-state index in [0.29, 0.717) is 19.4 Å². The molecule has 1 amide bonds. The Hall–Kier alpha value is -1.55. The van der Waals surface area contributed by atoms with E-state index in [0.717, 1.165) is 16.9 Å². The summed E-state index contributed by atoms with van der Waals surface area (Å²) in [5.74, 6) is 0.711. The van der Waals surface area contributed by atoms with Crippen LogP contribution < -0.4 is 16.2 Å². The van der Waals surface area contributed by atoms with E-state index in [9.17, 15) is 4.79 Å². The molecule has 0 aliphatic carbocycles. The smallest absolute Gasteiger partial charge is 0.217 e. The van der Waals surface area contributed by atoms with E-state index in [2.05, 4.69) is 0 Å². The average molecular weight is 264 g/mol. The first-order valence-corrected chi connectivity index (χ1v) is 6.71. The lowest BCUT2D eigenvalue weighted by molar-refractivity contribution is -0.118. The van der Waals surface area contributed by atoms with Gasteiger partial charge in [0.25, 0.3) is 0 Å². The molecule has 106 valence electrons. The van der Waals surface area contributed by atoms with Crippen molar-refractivity contribution in [2.24, 2.45) is 17.4 Å². The van der Waals surface area contributed by atoms with E-state index < -0.39 is 0 Å². The van der Waals surface area contributed by atoms with Gasteiger partial charge in [-0.1, -0.05) is 24.6 Å². The lowest BCUT2D eigenvalue weighted by Gasteiger charge is -2.20. The Bertz CT molecular complexity index is 432. The molecule has 1 aromatic carbocycles. The molecule has 4 N–H and O–H groups in total. The maximum Gasteiger partial charge on any atom is 0.217 e. The van der Waals surface area contributed by atoms with Gasteiger partial charge in [-0.15, -0.1) is 0 Å². The molecule has 0 fully saturated rings. The summed E-state index contributed by atoms with van der Waals surface area (Å²) in [7, 11) is 0. The number of ether oxygens (including phenoxy) is 1. The first-order chi connectivity index (χ1) is 8.93. The Morgan fingerprint density at radius 1 is 1.42 bits per heavy atom. The van der Waals surface area contributed by atoms with E-state index in [1.165, 1.54) is 0 Å². The van der Waals surface area contributed by atoms with Crippen LogP contribution in [-0.2, 0) is 4.79 Å². The molecule has 0 bridgehead atoms. The zero-order valence-corrected chi connectivity index (χ0v) is 12.0. The molecule has 0 aromatic heterocycles. The minimum atomic E-state index is -0.283. The van der Waals surface area contributed by atoms with Crippen molar-refractivity contribution in [1.82, 2.24) is 0 Å². The third-order valence-corrected chi connectivity index (χ3v) is 3.07. The molecule has 0 aliphatic heterocycles. The monoisotopic (exact) mass is 264 g/mol. The number of primary amides is 1. The number of amides is 1. The summed E-state index contributed by atoms with van der Waals surface area (Å²) in [5.41, 5.74) is 13.6. The van der Waals surface area contributed by atoms with E-state index in [1.54, 1.807) is 0 Å². The maximum atomic E-state index is 10.9. The fourth-order valence-corrected chi connectivity index (χ4v) is 2.23. The molecule has 1 aromatic rings. The topological polar surface area (TPSA) is 78.3 Å². The summed E-state index contributed by atoms with van der Waals surface area (Å²) < 4.78 is 5.60. The molecule has 1 rings (SSSR count). The maximum absolute atomic E-state index is 10.9. The lowest BCUT2D eigenvalue weighted by Crippen LogP contribution is -2.20. The van der Waals surface area contributed by atoms with Crippen LogP contribution in [0.25, 0.3) is 0 Å². The summed E-state index contributed by atoms with van der Waals surface area (Å²) in [4.78, 5) is 10.9. The van der Waals surface area contributed by atoms with Crippen LogP contribution in [0.3, 0.4) is 0 Å². The van der Waals surface area contributed by atoms with Crippen LogP contribution in [-0.4, -0.2) is 12.5 Å². The van der Waals surface area contributed by atoms with Crippen molar-refractivity contribution < 1.29 is 9.53 Å². The Morgan fingerprint density at radius 3 is 2.68 bits per heavy atom. The van der Waals surface area contributed by atoms with Gasteiger partial charge in [-0.3, -0.25) is 4.79 Å². The number of hydrogen-bond donors (Lipinski definition) is 2. The number of aryl methyl sites for hydroxylation is 1. The highest BCUT2D eigenvalue weighted by atomic mass is 16.5. The van der Waals surface area contributed by atoms with E-state index in [4.69, 9.17) is 16.2 Å². The number of hydrogen-bond acceptors (Lipinski definition) is 3. The molecule has 0 radical (unpaired) electrons. The summed E-state index contributed by atoms with van der Waals surface area (Å²) in [6.45, 7) is 6.57. The number of rotatable bonds is 7. The van der Waals surface area contributed by atoms with E-state index in [1.807, 2.05) is 39.0 Å². The van der Waals surface area contributed by atoms with Crippen molar-refractivity contribution in [3.8, 4) is 5.75 Å². The molecule has 2 unspecified atom stereocenters. The SMILES string of the molecule is CCOc1ccc(C)cc1C(N)CC(C)CC(N)=O. The van der Waals surface area contributed by atoms with Crippen LogP contribution in [0.4, 0.5) is 0 Å². The average Bonchev–Trinajstić information content (AvgIpc) is 2.30. The van der Waals surface area contributed by atoms with Crippen molar-refractivity contribution >= 4 is 5.91 Å². The zero-order chi connectivity index (χ0) is 14.4. The first-order valence-electron chi connectivity index (χ1n) is 6.71. The molecule has 0 saturated heterocycles. The van der Waals surface area contributed by atoms with Gasteiger partial charge in [0.05, 0.1) is 6.61 Å². The number of carbonyl (C=O) groups is 1. The van der Waals surface area contributed by atoms with Gasteiger partial charge in [-0.05, 0) is 32.3 Å². The van der Waals surface area contributed by atoms with E-state index in [-0.39, 0.29) is 17.9 Å². The van der Waals surface area contributed by atoms with Gasteiger partial charge >= 0.3 is 0 Å². The summed E-state index contributed by atoms with van der Waals surface area (Å²) in [6.07, 6.45) is 1.08. The largest absolute Gasteiger partial charge is 0.494 e. The molecule has 0 saturated carbocycles. The Labute approximate surface area is 115 Å². The van der Waals surface area contributed by atoms with Crippen LogP contribution in [0, 0.1) is 12.8 Å². The van der Waals surface area contributed by atoms with Crippen LogP contribution in [0.15, 0.2) is 18.2 Å². The van der Waals surface area contributed by atoms with E-state index >= 15 is 0 Å². The second kappa shape index (κ2) is 7.14. The van der Waals surface area contributed by atoms with Gasteiger partial charge in [0, 0.05) is 18.0 Å². The highest BCUT2D eigenvalue weighted by Crippen LogP contribution is 2.29. The van der Waals surface area contributed by atoms with Gasteiger partial charge in [-0.2, -0.15) is 0 Å². The quantitative estimate of drug-likeness (QED) is 0.793. The fraction of sp³-hybridized carbons (Fsp3) is 0.533. The van der Waals surface area contributed by atoms with Crippen molar-refractivity contribution in [2.45, 2.75) is 39.7 Å². The molecule has 0 spiro atoms. The molecule has 0 heterocycles. The standard InChI is InChI=1S/C15H24N2O2/c1-4-19-14-6-5-10(2)7-12(14)13(16)8-11(3)9-15(17)18/h5-7,11,13H,4,8-9,16H2,1-3H3,(H2,17,18). The van der Waals surface area contributed by atoms with Gasteiger partial charge in [0.2, 0.25) is 5.91 Å². The van der Waals surface area contributed by atoms with Crippen LogP contribution in [0.2, 0.25) is 0 Å². The van der Waals surface area contributed by atoms with Crippen LogP contribution in [0.5, 0.6) is 5.75 Å². The molecule has 19 heavy (non-hydrogen) atoms. The molecule has 2 atom stereocenters. The van der Waals surface area contributed by atoms with Crippen LogP contribution >= 0.6 is 0 Å². The third-order valence-electron chi connectivity index (χ3n) is 3.07. The number of nitrogens with two attached hydrogens (primary N) is 2. The van der Waals surface area contributed by atoms with Gasteiger partial charge in [0.15, 0.2) is 0 Å². The summed E-state index contributed by atoms with van der Waals surface area (Å²) in [6, 6.07) is 5.86. The second-order valence-electron chi connectivity index (χ2n) is 5.09. The number of carbonyl (C=O) groups excluding carboxylic acids is 1. The summed E-state index contributed by atoms with van der Waals surface area (Å²) in [5, 5.41) is 0. The van der Waals surface area contributed by atoms with Gasteiger partial charge in [0.1, 0.15) is 5.75 Å². The van der Waals surface area contributed by atoms with Gasteiger partial charge in [-0.25, -0.2) is 0 Å². The lowest BCUT2D eigenvalue weighted by atomic mass is 9.93. The third kappa shape index (κ3) is 4.91. The zero-order valence-electron chi connectivity index (χ0n) is 12.0. The summed E-state index contributed by atoms with van der Waals surface area (Å²) >= 11 is 0. The Morgan fingerprint density at radius 2 is 2.11 bits per heavy atom. The Balaban J connectivity index is 2.82. The van der Waals surface area contributed by atoms with Crippen molar-refractivity contribution in [2.75, 3.05) is 6.61 Å². The molecular weight excluding hydrogens is 240 g/mol. The Kier molecular flexibility index (Phi) is 5.83. The highest BCUT2D eigenvalue weighted by molar-refractivity contribution is 5.73. The minimum Gasteiger partial charge on any atom is -0.494 e. The fourth-order valence-electron chi connectivity index (χ4n) is 2.23. The van der Waals surface area contributed by atoms with Crippen molar-refractivity contribution in [1.29, 1.82) is 0 Å².